The molecular weight excluding hydrogens is 262 g/mol. The summed E-state index contributed by atoms with van der Waals surface area (Å²) in [5, 5.41) is 0. The summed E-state index contributed by atoms with van der Waals surface area (Å²) >= 11 is 5.96. The summed E-state index contributed by atoms with van der Waals surface area (Å²) in [4.78, 5) is 10.2. The van der Waals surface area contributed by atoms with E-state index in [-0.39, 0.29) is 11.7 Å². The van der Waals surface area contributed by atoms with E-state index < -0.39 is 0 Å². The number of morpholine rings is 1. The second-order valence-electron chi connectivity index (χ2n) is 5.61. The molecule has 0 saturated carbocycles. The first kappa shape index (κ1) is 12.8. The first-order chi connectivity index (χ1) is 9.07. The summed E-state index contributed by atoms with van der Waals surface area (Å²) in [6, 6.07) is 8.06. The van der Waals surface area contributed by atoms with Crippen LogP contribution in [0.1, 0.15) is 13.8 Å². The van der Waals surface area contributed by atoms with Gasteiger partial charge in [-0.2, -0.15) is 0 Å². The zero-order valence-corrected chi connectivity index (χ0v) is 11.9. The average Bonchev–Trinajstić information content (AvgIpc) is 2.80. The molecule has 3 rings (SSSR count). The van der Waals surface area contributed by atoms with E-state index in [4.69, 9.17) is 16.3 Å². The van der Waals surface area contributed by atoms with Gasteiger partial charge in [-0.3, -0.25) is 0 Å². The van der Waals surface area contributed by atoms with E-state index in [9.17, 15) is 0 Å². The molecule has 0 radical (unpaired) electrons. The molecule has 0 amide bonds. The number of para-hydroxylation sites is 2. The summed E-state index contributed by atoms with van der Waals surface area (Å²) in [7, 11) is 0. The Balaban J connectivity index is 1.91. The van der Waals surface area contributed by atoms with Gasteiger partial charge in [0.15, 0.2) is 0 Å². The molecule has 1 fully saturated rings. The molecule has 0 bridgehead atoms. The Morgan fingerprint density at radius 1 is 1.47 bits per heavy atom. The fraction of sp³-hybridized carbons (Fsp3) is 0.500. The molecule has 1 aliphatic rings. The minimum Gasteiger partial charge on any atom is -0.367 e. The number of nitrogens with zero attached hydrogens (tertiary/aromatic N) is 2. The Labute approximate surface area is 117 Å². The molecule has 5 heteroatoms. The van der Waals surface area contributed by atoms with Crippen molar-refractivity contribution >= 4 is 28.6 Å². The second-order valence-corrected chi connectivity index (χ2v) is 5.92. The summed E-state index contributed by atoms with van der Waals surface area (Å²) in [6.07, 6.45) is 0.0404. The van der Waals surface area contributed by atoms with Gasteiger partial charge in [-0.1, -0.05) is 12.1 Å². The number of fused-ring (bicyclic) bond motifs is 1. The monoisotopic (exact) mass is 279 g/mol. The number of halogens is 1. The molecule has 1 saturated heterocycles. The molecule has 1 aromatic carbocycles. The van der Waals surface area contributed by atoms with Crippen LogP contribution >= 0.6 is 11.6 Å². The molecule has 1 aromatic heterocycles. The van der Waals surface area contributed by atoms with Crippen molar-refractivity contribution < 1.29 is 4.74 Å². The Kier molecular flexibility index (Phi) is 3.15. The maximum Gasteiger partial charge on any atom is 0.204 e. The van der Waals surface area contributed by atoms with Crippen LogP contribution in [-0.4, -0.2) is 40.6 Å². The lowest BCUT2D eigenvalue weighted by atomic mass is 10.1. The van der Waals surface area contributed by atoms with E-state index in [0.717, 1.165) is 30.1 Å². The van der Waals surface area contributed by atoms with Crippen LogP contribution in [0.3, 0.4) is 0 Å². The summed E-state index contributed by atoms with van der Waals surface area (Å²) < 4.78 is 5.93. The van der Waals surface area contributed by atoms with Gasteiger partial charge in [0.2, 0.25) is 5.95 Å². The van der Waals surface area contributed by atoms with Crippen LogP contribution in [0.2, 0.25) is 0 Å². The van der Waals surface area contributed by atoms with Crippen LogP contribution in [-0.2, 0) is 4.74 Å². The van der Waals surface area contributed by atoms with Gasteiger partial charge < -0.3 is 14.6 Å². The lowest BCUT2D eigenvalue weighted by molar-refractivity contribution is -0.0738. The molecule has 2 aromatic rings. The number of ether oxygens (including phenoxy) is 1. The fourth-order valence-corrected chi connectivity index (χ4v) is 2.79. The summed E-state index contributed by atoms with van der Waals surface area (Å²) in [5.74, 6) is 1.40. The fourth-order valence-electron chi connectivity index (χ4n) is 2.63. The highest BCUT2D eigenvalue weighted by molar-refractivity contribution is 6.18. The van der Waals surface area contributed by atoms with E-state index >= 15 is 0 Å². The number of anilines is 1. The second kappa shape index (κ2) is 4.69. The number of H-pyrrole nitrogens is 1. The molecule has 2 heterocycles. The maximum absolute atomic E-state index is 5.96. The van der Waals surface area contributed by atoms with Gasteiger partial charge in [-0.25, -0.2) is 4.98 Å². The van der Waals surface area contributed by atoms with Crippen LogP contribution in [0.25, 0.3) is 11.0 Å². The number of aromatic nitrogens is 2. The molecule has 102 valence electrons. The lowest BCUT2D eigenvalue weighted by Gasteiger charge is -2.42. The Bertz CT molecular complexity index is 548. The van der Waals surface area contributed by atoms with Crippen molar-refractivity contribution in [2.45, 2.75) is 25.6 Å². The van der Waals surface area contributed by atoms with Gasteiger partial charge in [0.05, 0.1) is 28.6 Å². The lowest BCUT2D eigenvalue weighted by Crippen LogP contribution is -2.53. The average molecular weight is 280 g/mol. The highest BCUT2D eigenvalue weighted by Gasteiger charge is 2.34. The van der Waals surface area contributed by atoms with E-state index in [2.05, 4.69) is 28.7 Å². The van der Waals surface area contributed by atoms with Crippen molar-refractivity contribution in [1.29, 1.82) is 0 Å². The van der Waals surface area contributed by atoms with Gasteiger partial charge in [0, 0.05) is 13.1 Å². The number of aromatic amines is 1. The maximum atomic E-state index is 5.96. The number of hydrogen-bond donors (Lipinski definition) is 1. The molecule has 1 N–H and O–H groups in total. The van der Waals surface area contributed by atoms with Gasteiger partial charge >= 0.3 is 0 Å². The third-order valence-corrected chi connectivity index (χ3v) is 3.67. The van der Waals surface area contributed by atoms with E-state index in [1.54, 1.807) is 0 Å². The van der Waals surface area contributed by atoms with Crippen LogP contribution in [0.15, 0.2) is 24.3 Å². The van der Waals surface area contributed by atoms with E-state index in [1.165, 1.54) is 0 Å². The predicted molar refractivity (Wildman–Crippen MR) is 78.0 cm³/mol. The Morgan fingerprint density at radius 2 is 2.26 bits per heavy atom. The normalized spacial score (nSPS) is 22.9. The SMILES string of the molecule is CC1(C)CN(c2nc3ccccc3[nH]2)CC(CCl)O1. The van der Waals surface area contributed by atoms with Crippen LogP contribution < -0.4 is 4.90 Å². The molecule has 1 unspecified atom stereocenters. The molecule has 1 aliphatic heterocycles. The van der Waals surface area contributed by atoms with Gasteiger partial charge in [-0.15, -0.1) is 11.6 Å². The van der Waals surface area contributed by atoms with Crippen molar-refractivity contribution in [2.75, 3.05) is 23.9 Å². The van der Waals surface area contributed by atoms with E-state index in [1.807, 2.05) is 24.3 Å². The number of rotatable bonds is 2. The molecule has 0 spiro atoms. The zero-order valence-electron chi connectivity index (χ0n) is 11.2. The van der Waals surface area contributed by atoms with Crippen molar-refractivity contribution in [3.05, 3.63) is 24.3 Å². The van der Waals surface area contributed by atoms with Crippen molar-refractivity contribution in [2.24, 2.45) is 0 Å². The summed E-state index contributed by atoms with van der Waals surface area (Å²) in [5.41, 5.74) is 1.84. The predicted octanol–water partition coefficient (Wildman–Crippen LogP) is 2.79. The van der Waals surface area contributed by atoms with Crippen molar-refractivity contribution in [3.63, 3.8) is 0 Å². The van der Waals surface area contributed by atoms with Crippen LogP contribution in [0.5, 0.6) is 0 Å². The van der Waals surface area contributed by atoms with Crippen LogP contribution in [0, 0.1) is 0 Å². The van der Waals surface area contributed by atoms with Gasteiger partial charge in [-0.05, 0) is 26.0 Å². The highest BCUT2D eigenvalue weighted by atomic mass is 35.5. The molecule has 1 atom stereocenters. The number of imidazole rings is 1. The zero-order chi connectivity index (χ0) is 13.5. The van der Waals surface area contributed by atoms with Crippen LogP contribution in [0.4, 0.5) is 5.95 Å². The van der Waals surface area contributed by atoms with Gasteiger partial charge in [0.1, 0.15) is 0 Å². The highest BCUT2D eigenvalue weighted by Crippen LogP contribution is 2.26. The number of alkyl halides is 1. The molecule has 19 heavy (non-hydrogen) atoms. The largest absolute Gasteiger partial charge is 0.367 e. The first-order valence-electron chi connectivity index (χ1n) is 6.51. The minimum atomic E-state index is -0.212. The van der Waals surface area contributed by atoms with Crippen molar-refractivity contribution in [3.8, 4) is 0 Å². The van der Waals surface area contributed by atoms with Gasteiger partial charge in [0.25, 0.3) is 0 Å². The quantitative estimate of drug-likeness (QED) is 0.860. The number of hydrogen-bond acceptors (Lipinski definition) is 3. The third kappa shape index (κ3) is 2.55. The standard InChI is InChI=1S/C14H18ClN3O/c1-14(2)9-18(8-10(7-15)19-14)13-16-11-5-3-4-6-12(11)17-13/h3-6,10H,7-9H2,1-2H3,(H,16,17). The number of benzene rings is 1. The minimum absolute atomic E-state index is 0.0404. The number of nitrogens with one attached hydrogen (secondary N) is 1. The van der Waals surface area contributed by atoms with E-state index in [0.29, 0.717) is 5.88 Å². The van der Waals surface area contributed by atoms with Crippen molar-refractivity contribution in [1.82, 2.24) is 9.97 Å². The topological polar surface area (TPSA) is 41.2 Å². The Morgan fingerprint density at radius 3 is 3.00 bits per heavy atom. The molecule has 0 aliphatic carbocycles. The smallest absolute Gasteiger partial charge is 0.204 e. The third-order valence-electron chi connectivity index (χ3n) is 3.33. The first-order valence-corrected chi connectivity index (χ1v) is 7.04. The Hall–Kier alpha value is -1.26. The summed E-state index contributed by atoms with van der Waals surface area (Å²) in [6.45, 7) is 5.75. The molecular formula is C14H18ClN3O. The molecule has 4 nitrogen and oxygen atoms in total.